The van der Waals surface area contributed by atoms with E-state index in [1.165, 1.54) is 0 Å². The lowest BCUT2D eigenvalue weighted by Crippen LogP contribution is -2.36. The number of halogens is 4. The maximum Gasteiger partial charge on any atom is 0.416 e. The Bertz CT molecular complexity index is 609. The summed E-state index contributed by atoms with van der Waals surface area (Å²) in [5.41, 5.74) is -2.37. The first kappa shape index (κ1) is 16.3. The number of hydrogen-bond acceptors (Lipinski definition) is 2. The maximum atomic E-state index is 13.4. The SMILES string of the molecule is O=C(O)CCNC(=O)C1(c2cc(F)cc(C(F)(F)F)c2)CC1. The molecule has 0 saturated heterocycles. The smallest absolute Gasteiger partial charge is 0.416 e. The quantitative estimate of drug-likeness (QED) is 0.819. The van der Waals surface area contributed by atoms with Gasteiger partial charge in [-0.15, -0.1) is 0 Å². The van der Waals surface area contributed by atoms with Gasteiger partial charge < -0.3 is 10.4 Å². The average molecular weight is 319 g/mol. The summed E-state index contributed by atoms with van der Waals surface area (Å²) in [6, 6.07) is 2.06. The highest BCUT2D eigenvalue weighted by Crippen LogP contribution is 2.49. The molecule has 0 radical (unpaired) electrons. The molecule has 0 bridgehead atoms. The molecule has 1 aromatic carbocycles. The van der Waals surface area contributed by atoms with Crippen LogP contribution in [0.2, 0.25) is 0 Å². The first-order valence-corrected chi connectivity index (χ1v) is 6.53. The van der Waals surface area contributed by atoms with Gasteiger partial charge in [0, 0.05) is 6.54 Å². The van der Waals surface area contributed by atoms with Crippen molar-refractivity contribution in [2.24, 2.45) is 0 Å². The van der Waals surface area contributed by atoms with Crippen LogP contribution in [0.1, 0.15) is 30.4 Å². The molecule has 2 rings (SSSR count). The molecule has 1 aliphatic carbocycles. The van der Waals surface area contributed by atoms with E-state index in [1.807, 2.05) is 0 Å². The third-order valence-corrected chi connectivity index (χ3v) is 3.59. The summed E-state index contributed by atoms with van der Waals surface area (Å²) in [4.78, 5) is 22.5. The minimum atomic E-state index is -4.70. The van der Waals surface area contributed by atoms with Crippen molar-refractivity contribution in [1.82, 2.24) is 5.32 Å². The van der Waals surface area contributed by atoms with Gasteiger partial charge in [-0.2, -0.15) is 13.2 Å². The van der Waals surface area contributed by atoms with E-state index in [9.17, 15) is 27.2 Å². The molecule has 120 valence electrons. The second kappa shape index (κ2) is 5.58. The molecule has 0 unspecified atom stereocenters. The van der Waals surface area contributed by atoms with Crippen LogP contribution in [-0.4, -0.2) is 23.5 Å². The van der Waals surface area contributed by atoms with E-state index >= 15 is 0 Å². The molecule has 4 nitrogen and oxygen atoms in total. The summed E-state index contributed by atoms with van der Waals surface area (Å²) in [6.45, 7) is -0.128. The number of hydrogen-bond donors (Lipinski definition) is 2. The second-order valence-corrected chi connectivity index (χ2v) is 5.21. The highest BCUT2D eigenvalue weighted by molar-refractivity contribution is 5.91. The number of carbonyl (C=O) groups excluding carboxylic acids is 1. The molecular formula is C14H13F4NO3. The Balaban J connectivity index is 2.21. The van der Waals surface area contributed by atoms with Crippen LogP contribution in [0.15, 0.2) is 18.2 Å². The van der Waals surface area contributed by atoms with Gasteiger partial charge in [0.15, 0.2) is 0 Å². The molecule has 1 fully saturated rings. The third-order valence-electron chi connectivity index (χ3n) is 3.59. The molecule has 0 atom stereocenters. The number of carboxylic acids is 1. The molecule has 1 aliphatic rings. The van der Waals surface area contributed by atoms with Gasteiger partial charge in [0.05, 0.1) is 17.4 Å². The third kappa shape index (κ3) is 3.37. The minimum absolute atomic E-state index is 0.0346. The van der Waals surface area contributed by atoms with Crippen molar-refractivity contribution >= 4 is 11.9 Å². The summed E-state index contributed by atoms with van der Waals surface area (Å²) in [5.74, 6) is -2.74. The van der Waals surface area contributed by atoms with E-state index in [0.717, 1.165) is 12.1 Å². The Hall–Kier alpha value is -2.12. The number of carboxylic acid groups (broad SMARTS) is 1. The van der Waals surface area contributed by atoms with Crippen LogP contribution in [0.3, 0.4) is 0 Å². The number of alkyl halides is 3. The number of amides is 1. The molecule has 0 heterocycles. The Kier molecular flexibility index (Phi) is 4.12. The first-order chi connectivity index (χ1) is 10.1. The van der Waals surface area contributed by atoms with E-state index in [1.54, 1.807) is 0 Å². The van der Waals surface area contributed by atoms with Crippen LogP contribution < -0.4 is 5.32 Å². The average Bonchev–Trinajstić information content (AvgIpc) is 3.17. The standard InChI is InChI=1S/C14H13F4NO3/c15-10-6-8(5-9(7-10)14(16,17)18)13(2-3-13)12(22)19-4-1-11(20)21/h5-7H,1-4H2,(H,19,22)(H,20,21). The number of benzene rings is 1. The van der Waals surface area contributed by atoms with Gasteiger partial charge >= 0.3 is 12.1 Å². The van der Waals surface area contributed by atoms with Crippen molar-refractivity contribution in [2.75, 3.05) is 6.54 Å². The molecule has 8 heteroatoms. The van der Waals surface area contributed by atoms with Gasteiger partial charge in [0.25, 0.3) is 0 Å². The largest absolute Gasteiger partial charge is 0.481 e. The predicted molar refractivity (Wildman–Crippen MR) is 67.6 cm³/mol. The van der Waals surface area contributed by atoms with E-state index in [0.29, 0.717) is 18.9 Å². The monoisotopic (exact) mass is 319 g/mol. The Morgan fingerprint density at radius 2 is 1.86 bits per heavy atom. The van der Waals surface area contributed by atoms with Crippen molar-refractivity contribution in [3.8, 4) is 0 Å². The normalized spacial score (nSPS) is 16.2. The topological polar surface area (TPSA) is 66.4 Å². The molecule has 0 spiro atoms. The zero-order valence-corrected chi connectivity index (χ0v) is 11.3. The molecule has 0 aliphatic heterocycles. The first-order valence-electron chi connectivity index (χ1n) is 6.53. The van der Waals surface area contributed by atoms with Crippen LogP contribution in [-0.2, 0) is 21.2 Å². The van der Waals surface area contributed by atoms with Crippen LogP contribution in [0.25, 0.3) is 0 Å². The van der Waals surface area contributed by atoms with Gasteiger partial charge in [-0.3, -0.25) is 9.59 Å². The predicted octanol–water partition coefficient (Wildman–Crippen LogP) is 2.47. The number of aliphatic carboxylic acids is 1. The van der Waals surface area contributed by atoms with E-state index < -0.39 is 34.8 Å². The van der Waals surface area contributed by atoms with Crippen molar-refractivity contribution in [3.63, 3.8) is 0 Å². The summed E-state index contributed by atoms with van der Waals surface area (Å²) in [5, 5.41) is 10.9. The van der Waals surface area contributed by atoms with Crippen LogP contribution in [0, 0.1) is 5.82 Å². The lowest BCUT2D eigenvalue weighted by Gasteiger charge is -2.17. The highest BCUT2D eigenvalue weighted by Gasteiger charge is 2.52. The van der Waals surface area contributed by atoms with Gasteiger partial charge in [0.1, 0.15) is 5.82 Å². The minimum Gasteiger partial charge on any atom is -0.481 e. The number of rotatable bonds is 5. The maximum absolute atomic E-state index is 13.4. The molecular weight excluding hydrogens is 306 g/mol. The van der Waals surface area contributed by atoms with Crippen LogP contribution in [0.4, 0.5) is 17.6 Å². The Morgan fingerprint density at radius 3 is 2.36 bits per heavy atom. The van der Waals surface area contributed by atoms with Gasteiger partial charge in [-0.25, -0.2) is 4.39 Å². The summed E-state index contributed by atoms with van der Waals surface area (Å²) < 4.78 is 51.6. The van der Waals surface area contributed by atoms with E-state index in [4.69, 9.17) is 5.11 Å². The zero-order chi connectivity index (χ0) is 16.5. The lowest BCUT2D eigenvalue weighted by molar-refractivity contribution is -0.138. The highest BCUT2D eigenvalue weighted by atomic mass is 19.4. The molecule has 1 amide bonds. The van der Waals surface area contributed by atoms with Crippen molar-refractivity contribution < 1.29 is 32.3 Å². The Morgan fingerprint density at radius 1 is 1.23 bits per heavy atom. The fraction of sp³-hybridized carbons (Fsp3) is 0.429. The van der Waals surface area contributed by atoms with Crippen molar-refractivity contribution in [3.05, 3.63) is 35.1 Å². The van der Waals surface area contributed by atoms with Crippen molar-refractivity contribution in [2.45, 2.75) is 30.9 Å². The Labute approximate surface area is 123 Å². The van der Waals surface area contributed by atoms with Gasteiger partial charge in [-0.05, 0) is 36.6 Å². The second-order valence-electron chi connectivity index (χ2n) is 5.21. The number of nitrogens with one attached hydrogen (secondary N) is 1. The van der Waals surface area contributed by atoms with Gasteiger partial charge in [0.2, 0.25) is 5.91 Å². The van der Waals surface area contributed by atoms with Crippen LogP contribution >= 0.6 is 0 Å². The van der Waals surface area contributed by atoms with Crippen LogP contribution in [0.5, 0.6) is 0 Å². The van der Waals surface area contributed by atoms with Crippen molar-refractivity contribution in [1.29, 1.82) is 0 Å². The summed E-state index contributed by atoms with van der Waals surface area (Å²) in [6.07, 6.45) is -4.40. The molecule has 22 heavy (non-hydrogen) atoms. The number of carbonyl (C=O) groups is 2. The molecule has 1 saturated carbocycles. The fourth-order valence-electron chi connectivity index (χ4n) is 2.25. The molecule has 2 N–H and O–H groups in total. The molecule has 0 aromatic heterocycles. The summed E-state index contributed by atoms with van der Waals surface area (Å²) >= 11 is 0. The molecule has 1 aromatic rings. The van der Waals surface area contributed by atoms with E-state index in [2.05, 4.69) is 5.32 Å². The summed E-state index contributed by atoms with van der Waals surface area (Å²) in [7, 11) is 0. The fourth-order valence-corrected chi connectivity index (χ4v) is 2.25. The van der Waals surface area contributed by atoms with Gasteiger partial charge in [-0.1, -0.05) is 0 Å². The van der Waals surface area contributed by atoms with E-state index in [-0.39, 0.29) is 18.5 Å². The zero-order valence-electron chi connectivity index (χ0n) is 11.3. The lowest BCUT2D eigenvalue weighted by atomic mass is 9.93.